The van der Waals surface area contributed by atoms with Gasteiger partial charge in [-0.2, -0.15) is 0 Å². The Morgan fingerprint density at radius 3 is 2.33 bits per heavy atom. The van der Waals surface area contributed by atoms with Gasteiger partial charge in [0.15, 0.2) is 9.84 Å². The summed E-state index contributed by atoms with van der Waals surface area (Å²) in [4.78, 5) is 0. The van der Waals surface area contributed by atoms with Gasteiger partial charge < -0.3 is 5.32 Å². The molecule has 0 bridgehead atoms. The van der Waals surface area contributed by atoms with E-state index in [1.54, 1.807) is 0 Å². The van der Waals surface area contributed by atoms with Crippen LogP contribution in [0.15, 0.2) is 0 Å². The van der Waals surface area contributed by atoms with E-state index in [1.807, 2.05) is 6.92 Å². The monoisotopic (exact) mass is 233 g/mol. The zero-order valence-corrected chi connectivity index (χ0v) is 10.8. The van der Waals surface area contributed by atoms with Gasteiger partial charge in [-0.15, -0.1) is 0 Å². The van der Waals surface area contributed by atoms with Gasteiger partial charge in [0.05, 0.1) is 5.25 Å². The Morgan fingerprint density at radius 2 is 2.00 bits per heavy atom. The van der Waals surface area contributed by atoms with Gasteiger partial charge in [-0.3, -0.25) is 0 Å². The van der Waals surface area contributed by atoms with E-state index in [9.17, 15) is 8.42 Å². The Kier molecular flexibility index (Phi) is 4.59. The summed E-state index contributed by atoms with van der Waals surface area (Å²) in [5, 5.41) is 3.14. The third-order valence-corrected chi connectivity index (χ3v) is 5.11. The maximum absolute atomic E-state index is 11.5. The minimum atomic E-state index is -2.92. The van der Waals surface area contributed by atoms with E-state index in [0.29, 0.717) is 5.92 Å². The van der Waals surface area contributed by atoms with E-state index in [2.05, 4.69) is 12.2 Å². The van der Waals surface area contributed by atoms with Gasteiger partial charge in [0.2, 0.25) is 0 Å². The zero-order chi connectivity index (χ0) is 11.5. The first kappa shape index (κ1) is 13.0. The summed E-state index contributed by atoms with van der Waals surface area (Å²) in [5.41, 5.74) is 0. The number of rotatable bonds is 6. The molecule has 3 nitrogen and oxygen atoms in total. The van der Waals surface area contributed by atoms with Crippen LogP contribution in [-0.4, -0.2) is 32.5 Å². The molecule has 2 unspecified atom stereocenters. The van der Waals surface area contributed by atoms with E-state index >= 15 is 0 Å². The van der Waals surface area contributed by atoms with Gasteiger partial charge in [0.1, 0.15) is 0 Å². The molecule has 0 aliphatic heterocycles. The Labute approximate surface area is 93.6 Å². The van der Waals surface area contributed by atoms with Crippen LogP contribution >= 0.6 is 0 Å². The molecular weight excluding hydrogens is 210 g/mol. The summed E-state index contributed by atoms with van der Waals surface area (Å²) < 4.78 is 23.1. The highest BCUT2D eigenvalue weighted by atomic mass is 32.2. The average Bonchev–Trinajstić information content (AvgIpc) is 2.06. The van der Waals surface area contributed by atoms with Crippen LogP contribution in [0.1, 0.15) is 39.5 Å². The van der Waals surface area contributed by atoms with Crippen LogP contribution in [0.25, 0.3) is 0 Å². The van der Waals surface area contributed by atoms with Crippen molar-refractivity contribution in [3.05, 3.63) is 0 Å². The van der Waals surface area contributed by atoms with Crippen LogP contribution in [0.2, 0.25) is 0 Å². The van der Waals surface area contributed by atoms with Gasteiger partial charge >= 0.3 is 0 Å². The Morgan fingerprint density at radius 1 is 1.40 bits per heavy atom. The molecule has 1 aliphatic carbocycles. The van der Waals surface area contributed by atoms with Crippen molar-refractivity contribution >= 4 is 9.84 Å². The van der Waals surface area contributed by atoms with Gasteiger partial charge in [-0.25, -0.2) is 8.42 Å². The maximum Gasteiger partial charge on any atom is 0.151 e. The summed E-state index contributed by atoms with van der Waals surface area (Å²) in [6.07, 6.45) is 6.02. The van der Waals surface area contributed by atoms with Crippen molar-refractivity contribution in [2.75, 3.05) is 12.8 Å². The fraction of sp³-hybridized carbons (Fsp3) is 1.00. The molecule has 1 N–H and O–H groups in total. The quantitative estimate of drug-likeness (QED) is 0.758. The lowest BCUT2D eigenvalue weighted by molar-refractivity contribution is 0.225. The summed E-state index contributed by atoms with van der Waals surface area (Å²) in [6.45, 7) is 4.86. The van der Waals surface area contributed by atoms with E-state index in [4.69, 9.17) is 0 Å². The van der Waals surface area contributed by atoms with Gasteiger partial charge in [-0.1, -0.05) is 13.3 Å². The highest BCUT2D eigenvalue weighted by molar-refractivity contribution is 7.91. The highest BCUT2D eigenvalue weighted by Gasteiger charge is 2.34. The van der Waals surface area contributed by atoms with Crippen molar-refractivity contribution in [3.8, 4) is 0 Å². The normalized spacial score (nSPS) is 22.1. The van der Waals surface area contributed by atoms with E-state index in [-0.39, 0.29) is 11.3 Å². The van der Waals surface area contributed by atoms with Crippen LogP contribution in [0.4, 0.5) is 0 Å². The standard InChI is InChI=1S/C11H23NO2S/c1-4-8-12-11(10-6-5-7-10)9(2)15(3,13)14/h9-12H,4-8H2,1-3H3. The van der Waals surface area contributed by atoms with Gasteiger partial charge in [0, 0.05) is 12.3 Å². The molecule has 1 saturated carbocycles. The lowest BCUT2D eigenvalue weighted by Gasteiger charge is -2.37. The number of nitrogens with one attached hydrogen (secondary N) is 1. The number of hydrogen-bond acceptors (Lipinski definition) is 3. The lowest BCUT2D eigenvalue weighted by atomic mass is 9.78. The van der Waals surface area contributed by atoms with Crippen molar-refractivity contribution in [2.45, 2.75) is 50.8 Å². The van der Waals surface area contributed by atoms with Crippen molar-refractivity contribution in [1.29, 1.82) is 0 Å². The van der Waals surface area contributed by atoms with Crippen LogP contribution in [-0.2, 0) is 9.84 Å². The predicted molar refractivity (Wildman–Crippen MR) is 63.7 cm³/mol. The van der Waals surface area contributed by atoms with Crippen LogP contribution in [0, 0.1) is 5.92 Å². The highest BCUT2D eigenvalue weighted by Crippen LogP contribution is 2.32. The molecule has 0 aromatic rings. The Bertz CT molecular complexity index is 283. The fourth-order valence-electron chi connectivity index (χ4n) is 2.09. The lowest BCUT2D eigenvalue weighted by Crippen LogP contribution is -2.49. The fourth-order valence-corrected chi connectivity index (χ4v) is 2.94. The predicted octanol–water partition coefficient (Wildman–Crippen LogP) is 1.59. The van der Waals surface area contributed by atoms with Crippen molar-refractivity contribution in [3.63, 3.8) is 0 Å². The maximum atomic E-state index is 11.5. The molecule has 0 saturated heterocycles. The second-order valence-electron chi connectivity index (χ2n) is 4.71. The molecule has 0 spiro atoms. The molecule has 1 rings (SSSR count). The van der Waals surface area contributed by atoms with E-state index in [0.717, 1.165) is 13.0 Å². The minimum absolute atomic E-state index is 0.161. The average molecular weight is 233 g/mol. The molecule has 15 heavy (non-hydrogen) atoms. The SMILES string of the molecule is CCCNC(C1CCC1)C(C)S(C)(=O)=O. The largest absolute Gasteiger partial charge is 0.312 e. The molecule has 0 amide bonds. The molecule has 90 valence electrons. The number of sulfone groups is 1. The van der Waals surface area contributed by atoms with Gasteiger partial charge in [-0.05, 0) is 38.6 Å². The van der Waals surface area contributed by atoms with Crippen molar-refractivity contribution in [2.24, 2.45) is 5.92 Å². The molecule has 0 radical (unpaired) electrons. The van der Waals surface area contributed by atoms with Gasteiger partial charge in [0.25, 0.3) is 0 Å². The van der Waals surface area contributed by atoms with Crippen molar-refractivity contribution in [1.82, 2.24) is 5.32 Å². The Balaban J connectivity index is 2.62. The topological polar surface area (TPSA) is 46.2 Å². The second-order valence-corrected chi connectivity index (χ2v) is 7.11. The molecule has 1 aliphatic rings. The Hall–Kier alpha value is -0.0900. The van der Waals surface area contributed by atoms with Crippen LogP contribution in [0.5, 0.6) is 0 Å². The summed E-state index contributed by atoms with van der Waals surface area (Å²) in [7, 11) is -2.92. The summed E-state index contributed by atoms with van der Waals surface area (Å²) in [6, 6.07) is 0.161. The van der Waals surface area contributed by atoms with Crippen LogP contribution in [0.3, 0.4) is 0 Å². The minimum Gasteiger partial charge on any atom is -0.312 e. The first-order valence-electron chi connectivity index (χ1n) is 5.89. The molecule has 4 heteroatoms. The third kappa shape index (κ3) is 3.45. The molecule has 1 fully saturated rings. The molecule has 2 atom stereocenters. The molecular formula is C11H23NO2S. The van der Waals surface area contributed by atoms with Crippen LogP contribution < -0.4 is 5.32 Å². The first-order chi connectivity index (χ1) is 6.96. The smallest absolute Gasteiger partial charge is 0.151 e. The molecule has 0 heterocycles. The first-order valence-corrected chi connectivity index (χ1v) is 7.84. The van der Waals surface area contributed by atoms with E-state index in [1.165, 1.54) is 25.5 Å². The van der Waals surface area contributed by atoms with E-state index < -0.39 is 9.84 Å². The zero-order valence-electron chi connectivity index (χ0n) is 9.99. The summed E-state index contributed by atoms with van der Waals surface area (Å²) >= 11 is 0. The molecule has 0 aromatic heterocycles. The molecule has 0 aromatic carbocycles. The summed E-state index contributed by atoms with van der Waals surface area (Å²) in [5.74, 6) is 0.571. The third-order valence-electron chi connectivity index (χ3n) is 3.47. The second kappa shape index (κ2) is 5.30. The number of hydrogen-bond donors (Lipinski definition) is 1. The van der Waals surface area contributed by atoms with Crippen molar-refractivity contribution < 1.29 is 8.42 Å².